The van der Waals surface area contributed by atoms with Crippen molar-refractivity contribution in [2.75, 3.05) is 48.7 Å². The molecule has 0 atom stereocenters. The van der Waals surface area contributed by atoms with Gasteiger partial charge in [-0.05, 0) is 47.7 Å². The molecule has 3 rings (SSSR count). The molecule has 0 bridgehead atoms. The van der Waals surface area contributed by atoms with Crippen molar-refractivity contribution in [3.8, 4) is 0 Å². The first kappa shape index (κ1) is 24.1. The van der Waals surface area contributed by atoms with E-state index in [0.717, 1.165) is 5.69 Å². The molecule has 2 amide bonds. The maximum atomic E-state index is 12.7. The molecule has 1 aliphatic heterocycles. The molecular weight excluding hydrogens is 424 g/mol. The number of anilines is 2. The molecular formula is C24H34N4O3S. The number of rotatable bonds is 6. The second kappa shape index (κ2) is 9.92. The minimum atomic E-state index is -3.42. The lowest BCUT2D eigenvalue weighted by Gasteiger charge is -2.35. The molecule has 8 heteroatoms. The number of hydrogen-bond donors (Lipinski definition) is 2. The number of piperazine rings is 1. The number of carbonyl (C=O) groups excluding carboxylic acids is 1. The van der Waals surface area contributed by atoms with Crippen LogP contribution in [0.1, 0.15) is 31.9 Å². The van der Waals surface area contributed by atoms with Crippen molar-refractivity contribution >= 4 is 27.4 Å². The summed E-state index contributed by atoms with van der Waals surface area (Å²) in [4.78, 5) is 14.4. The van der Waals surface area contributed by atoms with Gasteiger partial charge in [0.1, 0.15) is 0 Å². The predicted molar refractivity (Wildman–Crippen MR) is 131 cm³/mol. The van der Waals surface area contributed by atoms with Crippen molar-refractivity contribution in [3.63, 3.8) is 0 Å². The van der Waals surface area contributed by atoms with Crippen LogP contribution in [0.15, 0.2) is 48.5 Å². The van der Waals surface area contributed by atoms with Crippen molar-refractivity contribution in [2.45, 2.75) is 33.1 Å². The second-order valence-electron chi connectivity index (χ2n) is 9.25. The SMILES string of the molecule is Cc1cccc(N2CCN(S(=O)(=O)CCNC(=O)Nc3ccc(C(C)(C)C)cc3)CC2)c1. The Kier molecular flexibility index (Phi) is 7.46. The van der Waals surface area contributed by atoms with Crippen LogP contribution in [-0.4, -0.2) is 57.2 Å². The molecule has 1 saturated heterocycles. The number of aryl methyl sites for hydroxylation is 1. The van der Waals surface area contributed by atoms with Crippen molar-refractivity contribution in [3.05, 3.63) is 59.7 Å². The molecule has 2 aromatic carbocycles. The summed E-state index contributed by atoms with van der Waals surface area (Å²) in [7, 11) is -3.42. The first-order valence-corrected chi connectivity index (χ1v) is 12.6. The van der Waals surface area contributed by atoms with Crippen LogP contribution in [0.2, 0.25) is 0 Å². The van der Waals surface area contributed by atoms with Crippen LogP contribution < -0.4 is 15.5 Å². The monoisotopic (exact) mass is 458 g/mol. The molecule has 0 aliphatic carbocycles. The molecule has 1 fully saturated rings. The fourth-order valence-corrected chi connectivity index (χ4v) is 5.04. The van der Waals surface area contributed by atoms with Crippen LogP contribution in [-0.2, 0) is 15.4 Å². The minimum Gasteiger partial charge on any atom is -0.369 e. The van der Waals surface area contributed by atoms with Gasteiger partial charge in [0.25, 0.3) is 0 Å². The highest BCUT2D eigenvalue weighted by Crippen LogP contribution is 2.23. The summed E-state index contributed by atoms with van der Waals surface area (Å²) in [5, 5.41) is 5.40. The summed E-state index contributed by atoms with van der Waals surface area (Å²) in [6.07, 6.45) is 0. The molecule has 174 valence electrons. The molecule has 0 spiro atoms. The Morgan fingerprint density at radius 1 is 1.00 bits per heavy atom. The van der Waals surface area contributed by atoms with E-state index < -0.39 is 16.1 Å². The third kappa shape index (κ3) is 6.46. The van der Waals surface area contributed by atoms with Gasteiger partial charge in [0.15, 0.2) is 0 Å². The Balaban J connectivity index is 1.43. The fraction of sp³-hybridized carbons (Fsp3) is 0.458. The molecule has 0 aromatic heterocycles. The number of nitrogens with zero attached hydrogens (tertiary/aromatic N) is 2. The van der Waals surface area contributed by atoms with E-state index in [4.69, 9.17) is 0 Å². The van der Waals surface area contributed by atoms with Gasteiger partial charge < -0.3 is 15.5 Å². The highest BCUT2D eigenvalue weighted by Gasteiger charge is 2.27. The summed E-state index contributed by atoms with van der Waals surface area (Å²) in [6.45, 7) is 10.7. The largest absolute Gasteiger partial charge is 0.369 e. The first-order valence-electron chi connectivity index (χ1n) is 11.0. The van der Waals surface area contributed by atoms with Crippen LogP contribution in [0.3, 0.4) is 0 Å². The normalized spacial score (nSPS) is 15.4. The Morgan fingerprint density at radius 3 is 2.25 bits per heavy atom. The van der Waals surface area contributed by atoms with Crippen LogP contribution in [0.25, 0.3) is 0 Å². The van der Waals surface area contributed by atoms with E-state index in [9.17, 15) is 13.2 Å². The smallest absolute Gasteiger partial charge is 0.319 e. The lowest BCUT2D eigenvalue weighted by molar-refractivity contribution is 0.252. The number of urea groups is 1. The Bertz CT molecular complexity index is 1020. The van der Waals surface area contributed by atoms with Gasteiger partial charge in [-0.2, -0.15) is 4.31 Å². The molecule has 0 saturated carbocycles. The molecule has 0 unspecified atom stereocenters. The summed E-state index contributed by atoms with van der Waals surface area (Å²) in [5.41, 5.74) is 4.20. The van der Waals surface area contributed by atoms with E-state index in [1.54, 1.807) is 0 Å². The van der Waals surface area contributed by atoms with E-state index in [0.29, 0.717) is 31.9 Å². The quantitative estimate of drug-likeness (QED) is 0.693. The van der Waals surface area contributed by atoms with E-state index in [1.165, 1.54) is 15.4 Å². The van der Waals surface area contributed by atoms with Gasteiger partial charge in [0.05, 0.1) is 5.75 Å². The Hall–Kier alpha value is -2.58. The van der Waals surface area contributed by atoms with E-state index in [-0.39, 0.29) is 17.7 Å². The molecule has 2 N–H and O–H groups in total. The minimum absolute atomic E-state index is 0.0423. The maximum absolute atomic E-state index is 12.7. The maximum Gasteiger partial charge on any atom is 0.319 e. The summed E-state index contributed by atoms with van der Waals surface area (Å²) in [6, 6.07) is 15.5. The third-order valence-electron chi connectivity index (χ3n) is 5.65. The van der Waals surface area contributed by atoms with Crippen molar-refractivity contribution in [1.82, 2.24) is 9.62 Å². The van der Waals surface area contributed by atoms with Crippen LogP contribution in [0.5, 0.6) is 0 Å². The number of amides is 2. The van der Waals surface area contributed by atoms with Gasteiger partial charge in [-0.1, -0.05) is 45.0 Å². The molecule has 2 aromatic rings. The van der Waals surface area contributed by atoms with Crippen LogP contribution in [0, 0.1) is 6.92 Å². The van der Waals surface area contributed by atoms with Gasteiger partial charge in [0.2, 0.25) is 10.0 Å². The lowest BCUT2D eigenvalue weighted by Crippen LogP contribution is -2.50. The zero-order chi connectivity index (χ0) is 23.4. The first-order chi connectivity index (χ1) is 15.0. The molecule has 1 aliphatic rings. The van der Waals surface area contributed by atoms with Crippen molar-refractivity contribution < 1.29 is 13.2 Å². The second-order valence-corrected chi connectivity index (χ2v) is 11.3. The highest BCUT2D eigenvalue weighted by atomic mass is 32.2. The van der Waals surface area contributed by atoms with Crippen LogP contribution in [0.4, 0.5) is 16.2 Å². The van der Waals surface area contributed by atoms with Crippen molar-refractivity contribution in [2.24, 2.45) is 0 Å². The summed E-state index contributed by atoms with van der Waals surface area (Å²) < 4.78 is 26.9. The number of carbonyl (C=O) groups is 1. The topological polar surface area (TPSA) is 81.8 Å². The van der Waals surface area contributed by atoms with Crippen molar-refractivity contribution in [1.29, 1.82) is 0 Å². The number of hydrogen-bond acceptors (Lipinski definition) is 4. The predicted octanol–water partition coefficient (Wildman–Crippen LogP) is 3.57. The van der Waals surface area contributed by atoms with E-state index >= 15 is 0 Å². The fourth-order valence-electron chi connectivity index (χ4n) is 3.70. The Labute approximate surface area is 191 Å². The van der Waals surface area contributed by atoms with E-state index in [2.05, 4.69) is 48.4 Å². The summed E-state index contributed by atoms with van der Waals surface area (Å²) in [5.74, 6) is -0.117. The molecule has 32 heavy (non-hydrogen) atoms. The zero-order valence-electron chi connectivity index (χ0n) is 19.4. The lowest BCUT2D eigenvalue weighted by atomic mass is 9.87. The van der Waals surface area contributed by atoms with Gasteiger partial charge in [-0.25, -0.2) is 13.2 Å². The average Bonchev–Trinajstić information content (AvgIpc) is 2.73. The number of benzene rings is 2. The van der Waals surface area contributed by atoms with Gasteiger partial charge >= 0.3 is 6.03 Å². The molecule has 7 nitrogen and oxygen atoms in total. The third-order valence-corrected chi connectivity index (χ3v) is 7.53. The van der Waals surface area contributed by atoms with Gasteiger partial charge in [-0.3, -0.25) is 0 Å². The standard InChI is InChI=1S/C24H34N4O3S/c1-19-6-5-7-22(18-19)27-13-15-28(16-14-27)32(30,31)17-12-25-23(29)26-21-10-8-20(9-11-21)24(2,3)4/h5-11,18H,12-17H2,1-4H3,(H2,25,26,29). The Morgan fingerprint density at radius 2 is 1.66 bits per heavy atom. The molecule has 1 heterocycles. The van der Waals surface area contributed by atoms with Gasteiger partial charge in [-0.15, -0.1) is 0 Å². The number of sulfonamides is 1. The summed E-state index contributed by atoms with van der Waals surface area (Å²) >= 11 is 0. The number of nitrogens with one attached hydrogen (secondary N) is 2. The average molecular weight is 459 g/mol. The molecule has 0 radical (unpaired) electrons. The zero-order valence-corrected chi connectivity index (χ0v) is 20.2. The highest BCUT2D eigenvalue weighted by molar-refractivity contribution is 7.89. The van der Waals surface area contributed by atoms with E-state index in [1.807, 2.05) is 43.3 Å². The van der Waals surface area contributed by atoms with Crippen LogP contribution >= 0.6 is 0 Å². The van der Waals surface area contributed by atoms with Gasteiger partial charge in [0, 0.05) is 44.1 Å².